The first-order valence-corrected chi connectivity index (χ1v) is 5.01. The highest BCUT2D eigenvalue weighted by Crippen LogP contribution is 2.14. The zero-order chi connectivity index (χ0) is 9.80. The van der Waals surface area contributed by atoms with Crippen LogP contribution in [0.3, 0.4) is 0 Å². The Hall–Kier alpha value is -1.00. The second kappa shape index (κ2) is 4.48. The van der Waals surface area contributed by atoms with Crippen molar-refractivity contribution >= 4 is 0 Å². The smallest absolute Gasteiger partial charge is 0.128 e. The van der Waals surface area contributed by atoms with E-state index in [0.29, 0.717) is 0 Å². The van der Waals surface area contributed by atoms with Crippen molar-refractivity contribution in [1.29, 1.82) is 0 Å². The molecule has 76 valence electrons. The number of hydrogen-bond donors (Lipinski definition) is 2. The summed E-state index contributed by atoms with van der Waals surface area (Å²) in [5.41, 5.74) is 0. The van der Waals surface area contributed by atoms with E-state index in [9.17, 15) is 5.11 Å². The molecule has 4 heteroatoms. The summed E-state index contributed by atoms with van der Waals surface area (Å²) in [6.45, 7) is 1.77. The van der Waals surface area contributed by atoms with Gasteiger partial charge in [0.1, 0.15) is 5.82 Å². The van der Waals surface area contributed by atoms with Gasteiger partial charge < -0.3 is 10.4 Å². The molecule has 2 unspecified atom stereocenters. The van der Waals surface area contributed by atoms with Crippen LogP contribution in [0.15, 0.2) is 18.5 Å². The monoisotopic (exact) mass is 193 g/mol. The van der Waals surface area contributed by atoms with Gasteiger partial charge in [0.2, 0.25) is 0 Å². The minimum atomic E-state index is -0.208. The first-order valence-electron chi connectivity index (χ1n) is 5.01. The molecule has 2 heterocycles. The number of aliphatic hydroxyl groups excluding tert-OH is 1. The first-order chi connectivity index (χ1) is 6.86. The van der Waals surface area contributed by atoms with Crippen LogP contribution in [0.2, 0.25) is 0 Å². The Morgan fingerprint density at radius 3 is 2.93 bits per heavy atom. The number of hydrogen-bond acceptors (Lipinski definition) is 4. The molecule has 0 spiro atoms. The quantitative estimate of drug-likeness (QED) is 0.693. The maximum atomic E-state index is 9.73. The molecule has 4 nitrogen and oxygen atoms in total. The van der Waals surface area contributed by atoms with Crippen LogP contribution in [0.1, 0.15) is 12.2 Å². The van der Waals surface area contributed by atoms with Crippen molar-refractivity contribution in [2.75, 3.05) is 13.1 Å². The summed E-state index contributed by atoms with van der Waals surface area (Å²) in [4.78, 5) is 8.31. The van der Waals surface area contributed by atoms with E-state index < -0.39 is 0 Å². The summed E-state index contributed by atoms with van der Waals surface area (Å²) < 4.78 is 0. The third-order valence-electron chi connectivity index (χ3n) is 2.63. The van der Waals surface area contributed by atoms with E-state index in [1.807, 2.05) is 0 Å². The van der Waals surface area contributed by atoms with Crippen LogP contribution in [0.25, 0.3) is 0 Å². The normalized spacial score (nSPS) is 27.5. The molecule has 2 rings (SSSR count). The van der Waals surface area contributed by atoms with E-state index in [0.717, 1.165) is 31.8 Å². The highest BCUT2D eigenvalue weighted by Gasteiger charge is 2.23. The fourth-order valence-electron chi connectivity index (χ4n) is 1.79. The van der Waals surface area contributed by atoms with Gasteiger partial charge in [0.25, 0.3) is 0 Å². The Labute approximate surface area is 83.4 Å². The lowest BCUT2D eigenvalue weighted by Gasteiger charge is -2.27. The van der Waals surface area contributed by atoms with Crippen LogP contribution in [0, 0.1) is 5.92 Å². The average Bonchev–Trinajstić information content (AvgIpc) is 2.23. The number of aromatic nitrogens is 2. The Morgan fingerprint density at radius 1 is 1.43 bits per heavy atom. The predicted molar refractivity (Wildman–Crippen MR) is 52.7 cm³/mol. The molecule has 1 saturated heterocycles. The Kier molecular flexibility index (Phi) is 3.06. The van der Waals surface area contributed by atoms with Crippen LogP contribution in [-0.4, -0.2) is 34.3 Å². The van der Waals surface area contributed by atoms with Gasteiger partial charge in [0.05, 0.1) is 6.10 Å². The molecule has 1 aliphatic heterocycles. The molecule has 1 aromatic heterocycles. The molecule has 0 amide bonds. The summed E-state index contributed by atoms with van der Waals surface area (Å²) in [7, 11) is 0. The van der Waals surface area contributed by atoms with Gasteiger partial charge in [-0.25, -0.2) is 9.97 Å². The zero-order valence-corrected chi connectivity index (χ0v) is 8.06. The van der Waals surface area contributed by atoms with Crippen molar-refractivity contribution in [3.05, 3.63) is 24.3 Å². The topological polar surface area (TPSA) is 58.0 Å². The first kappa shape index (κ1) is 9.55. The fourth-order valence-corrected chi connectivity index (χ4v) is 1.79. The van der Waals surface area contributed by atoms with Gasteiger partial charge in [-0.1, -0.05) is 0 Å². The van der Waals surface area contributed by atoms with E-state index >= 15 is 0 Å². The lowest BCUT2D eigenvalue weighted by atomic mass is 9.93. The molecule has 1 aliphatic rings. The van der Waals surface area contributed by atoms with Gasteiger partial charge in [0.15, 0.2) is 0 Å². The average molecular weight is 193 g/mol. The standard InChI is InChI=1S/C10H15N3O/c14-9-2-5-11-7-8(9)6-10-12-3-1-4-13-10/h1,3-4,8-9,11,14H,2,5-7H2. The van der Waals surface area contributed by atoms with Gasteiger partial charge in [-0.2, -0.15) is 0 Å². The van der Waals surface area contributed by atoms with Crippen molar-refractivity contribution in [1.82, 2.24) is 15.3 Å². The Balaban J connectivity index is 1.96. The summed E-state index contributed by atoms with van der Waals surface area (Å²) >= 11 is 0. The maximum Gasteiger partial charge on any atom is 0.128 e. The van der Waals surface area contributed by atoms with E-state index in [2.05, 4.69) is 15.3 Å². The summed E-state index contributed by atoms with van der Waals surface area (Å²) in [5, 5.41) is 13.0. The minimum Gasteiger partial charge on any atom is -0.393 e. The maximum absolute atomic E-state index is 9.73. The SMILES string of the molecule is OC1CCNCC1Cc1ncccn1. The molecular weight excluding hydrogens is 178 g/mol. The van der Waals surface area contributed by atoms with Crippen molar-refractivity contribution < 1.29 is 5.11 Å². The molecule has 0 aromatic carbocycles. The second-order valence-corrected chi connectivity index (χ2v) is 3.69. The number of rotatable bonds is 2. The van der Waals surface area contributed by atoms with Crippen molar-refractivity contribution in [3.8, 4) is 0 Å². The van der Waals surface area contributed by atoms with Gasteiger partial charge in [0, 0.05) is 31.3 Å². The van der Waals surface area contributed by atoms with E-state index in [4.69, 9.17) is 0 Å². The predicted octanol–water partition coefficient (Wildman–Crippen LogP) is -0.0105. The third-order valence-corrected chi connectivity index (χ3v) is 2.63. The molecule has 0 bridgehead atoms. The largest absolute Gasteiger partial charge is 0.393 e. The summed E-state index contributed by atoms with van der Waals surface area (Å²) in [5.74, 6) is 1.08. The van der Waals surface area contributed by atoms with Crippen LogP contribution in [0.4, 0.5) is 0 Å². The van der Waals surface area contributed by atoms with Gasteiger partial charge in [-0.15, -0.1) is 0 Å². The molecule has 1 fully saturated rings. The highest BCUT2D eigenvalue weighted by atomic mass is 16.3. The molecular formula is C10H15N3O. The van der Waals surface area contributed by atoms with E-state index in [-0.39, 0.29) is 12.0 Å². The lowest BCUT2D eigenvalue weighted by Crippen LogP contribution is -2.41. The lowest BCUT2D eigenvalue weighted by molar-refractivity contribution is 0.0781. The van der Waals surface area contributed by atoms with Crippen LogP contribution < -0.4 is 5.32 Å². The van der Waals surface area contributed by atoms with Crippen LogP contribution in [-0.2, 0) is 6.42 Å². The zero-order valence-electron chi connectivity index (χ0n) is 8.06. The number of nitrogens with one attached hydrogen (secondary N) is 1. The summed E-state index contributed by atoms with van der Waals surface area (Å²) in [6, 6.07) is 1.80. The van der Waals surface area contributed by atoms with Crippen molar-refractivity contribution in [2.45, 2.75) is 18.9 Å². The van der Waals surface area contributed by atoms with Crippen LogP contribution in [0.5, 0.6) is 0 Å². The van der Waals surface area contributed by atoms with E-state index in [1.165, 1.54) is 0 Å². The van der Waals surface area contributed by atoms with Gasteiger partial charge in [-0.3, -0.25) is 0 Å². The van der Waals surface area contributed by atoms with E-state index in [1.54, 1.807) is 18.5 Å². The fraction of sp³-hybridized carbons (Fsp3) is 0.600. The molecule has 0 saturated carbocycles. The van der Waals surface area contributed by atoms with Crippen molar-refractivity contribution in [3.63, 3.8) is 0 Å². The molecule has 1 aromatic rings. The van der Waals surface area contributed by atoms with Crippen LogP contribution >= 0.6 is 0 Å². The number of piperidine rings is 1. The van der Waals surface area contributed by atoms with Gasteiger partial charge >= 0.3 is 0 Å². The Morgan fingerprint density at radius 2 is 2.21 bits per heavy atom. The molecule has 2 atom stereocenters. The number of aliphatic hydroxyl groups is 1. The highest BCUT2D eigenvalue weighted by molar-refractivity contribution is 4.93. The summed E-state index contributed by atoms with van der Waals surface area (Å²) in [6.07, 6.45) is 4.86. The molecule has 2 N–H and O–H groups in total. The molecule has 14 heavy (non-hydrogen) atoms. The molecule has 0 radical (unpaired) electrons. The molecule has 0 aliphatic carbocycles. The Bertz CT molecular complexity index is 278. The second-order valence-electron chi connectivity index (χ2n) is 3.69. The van der Waals surface area contributed by atoms with Gasteiger partial charge in [-0.05, 0) is 19.0 Å². The van der Waals surface area contributed by atoms with Crippen molar-refractivity contribution in [2.24, 2.45) is 5.92 Å². The number of nitrogens with zero attached hydrogens (tertiary/aromatic N) is 2. The minimum absolute atomic E-state index is 0.208. The third kappa shape index (κ3) is 2.27.